The van der Waals surface area contributed by atoms with E-state index in [1.807, 2.05) is 0 Å². The van der Waals surface area contributed by atoms with E-state index in [0.29, 0.717) is 0 Å². The fraction of sp³-hybridized carbons (Fsp3) is 0.455. The molecule has 72 valence electrons. The highest BCUT2D eigenvalue weighted by molar-refractivity contribution is 6.89. The Hall–Kier alpha value is -0.603. The molecule has 1 rings (SSSR count). The van der Waals surface area contributed by atoms with Crippen LogP contribution in [0.4, 0.5) is 0 Å². The van der Waals surface area contributed by atoms with Gasteiger partial charge < -0.3 is 4.90 Å². The van der Waals surface area contributed by atoms with E-state index in [1.54, 1.807) is 5.19 Å². The van der Waals surface area contributed by atoms with E-state index in [9.17, 15) is 0 Å². The van der Waals surface area contributed by atoms with Crippen LogP contribution in [0.25, 0.3) is 0 Å². The summed E-state index contributed by atoms with van der Waals surface area (Å²) in [7, 11) is 3.08. The standard InChI is InChI=1S/C11H19NSi/c1-12(2)10-13(3,4)11-8-6-5-7-9-11/h5-9H,10H2,1-4H3. The highest BCUT2D eigenvalue weighted by Crippen LogP contribution is 2.03. The highest BCUT2D eigenvalue weighted by atomic mass is 28.3. The molecule has 1 aromatic carbocycles. The number of nitrogens with zero attached hydrogens (tertiary/aromatic N) is 1. The molecule has 2 heteroatoms. The van der Waals surface area contributed by atoms with Gasteiger partial charge >= 0.3 is 0 Å². The van der Waals surface area contributed by atoms with Crippen molar-refractivity contribution < 1.29 is 0 Å². The zero-order chi connectivity index (χ0) is 9.90. The van der Waals surface area contributed by atoms with Crippen LogP contribution in [0.5, 0.6) is 0 Å². The zero-order valence-corrected chi connectivity index (χ0v) is 10.0. The van der Waals surface area contributed by atoms with Gasteiger partial charge in [0.1, 0.15) is 0 Å². The van der Waals surface area contributed by atoms with Crippen LogP contribution < -0.4 is 5.19 Å². The Morgan fingerprint density at radius 2 is 1.62 bits per heavy atom. The van der Waals surface area contributed by atoms with Gasteiger partial charge in [-0.1, -0.05) is 48.6 Å². The maximum absolute atomic E-state index is 2.42. The summed E-state index contributed by atoms with van der Waals surface area (Å²) in [5.74, 6) is 0. The van der Waals surface area contributed by atoms with Gasteiger partial charge in [0.25, 0.3) is 0 Å². The average molecular weight is 193 g/mol. The molecule has 13 heavy (non-hydrogen) atoms. The first-order chi connectivity index (χ1) is 6.02. The molecule has 0 aliphatic heterocycles. The Labute approximate surface area is 82.4 Å². The quantitative estimate of drug-likeness (QED) is 0.661. The Balaban J connectivity index is 2.81. The summed E-state index contributed by atoms with van der Waals surface area (Å²) in [4.78, 5) is 2.29. The van der Waals surface area contributed by atoms with Gasteiger partial charge in [-0.3, -0.25) is 0 Å². The molecule has 0 radical (unpaired) electrons. The molecule has 0 atom stereocenters. The lowest BCUT2D eigenvalue weighted by Crippen LogP contribution is -2.49. The van der Waals surface area contributed by atoms with Crippen molar-refractivity contribution in [1.29, 1.82) is 0 Å². The minimum absolute atomic E-state index is 1.22. The van der Waals surface area contributed by atoms with E-state index in [1.165, 1.54) is 6.17 Å². The van der Waals surface area contributed by atoms with Crippen LogP contribution in [0.3, 0.4) is 0 Å². The summed E-state index contributed by atoms with van der Waals surface area (Å²) in [6, 6.07) is 10.9. The molecule has 0 N–H and O–H groups in total. The third-order valence-corrected chi connectivity index (χ3v) is 5.59. The summed E-state index contributed by atoms with van der Waals surface area (Å²) in [6.07, 6.45) is 1.22. The maximum Gasteiger partial charge on any atom is 0.0948 e. The fourth-order valence-electron chi connectivity index (χ4n) is 1.77. The van der Waals surface area contributed by atoms with Crippen molar-refractivity contribution in [2.75, 3.05) is 20.3 Å². The van der Waals surface area contributed by atoms with Crippen LogP contribution in [0.2, 0.25) is 13.1 Å². The van der Waals surface area contributed by atoms with E-state index in [4.69, 9.17) is 0 Å². The van der Waals surface area contributed by atoms with Crippen molar-refractivity contribution in [2.24, 2.45) is 0 Å². The Morgan fingerprint density at radius 3 is 2.08 bits per heavy atom. The van der Waals surface area contributed by atoms with Crippen molar-refractivity contribution >= 4 is 13.3 Å². The lowest BCUT2D eigenvalue weighted by Gasteiger charge is -2.26. The van der Waals surface area contributed by atoms with Gasteiger partial charge in [-0.2, -0.15) is 0 Å². The molecule has 0 aromatic heterocycles. The topological polar surface area (TPSA) is 3.24 Å². The Morgan fingerprint density at radius 1 is 1.08 bits per heavy atom. The molecule has 0 aliphatic rings. The third kappa shape index (κ3) is 2.97. The molecular formula is C11H19NSi. The molecule has 0 aliphatic carbocycles. The first-order valence-electron chi connectivity index (χ1n) is 4.72. The Bertz CT molecular complexity index is 254. The molecule has 0 saturated heterocycles. The Kier molecular flexibility index (Phi) is 3.28. The summed E-state index contributed by atoms with van der Waals surface area (Å²) in [5, 5.41) is 1.55. The second-order valence-corrected chi connectivity index (χ2v) is 9.15. The molecular weight excluding hydrogens is 174 g/mol. The van der Waals surface area contributed by atoms with Crippen LogP contribution in [0.15, 0.2) is 30.3 Å². The monoisotopic (exact) mass is 193 g/mol. The average Bonchev–Trinajstić information content (AvgIpc) is 2.04. The summed E-state index contributed by atoms with van der Waals surface area (Å²) in [5.41, 5.74) is 0. The van der Waals surface area contributed by atoms with Crippen molar-refractivity contribution in [3.8, 4) is 0 Å². The summed E-state index contributed by atoms with van der Waals surface area (Å²) < 4.78 is 0. The molecule has 0 spiro atoms. The van der Waals surface area contributed by atoms with Gasteiger partial charge in [0.15, 0.2) is 0 Å². The smallest absolute Gasteiger partial charge is 0.0948 e. The lowest BCUT2D eigenvalue weighted by atomic mass is 10.4. The largest absolute Gasteiger partial charge is 0.312 e. The lowest BCUT2D eigenvalue weighted by molar-refractivity contribution is 0.472. The van der Waals surface area contributed by atoms with Crippen LogP contribution in [0, 0.1) is 0 Å². The SMILES string of the molecule is CN(C)C[Si](C)(C)c1ccccc1. The van der Waals surface area contributed by atoms with Crippen LogP contribution in [-0.4, -0.2) is 33.2 Å². The first-order valence-corrected chi connectivity index (χ1v) is 7.93. The molecule has 0 fully saturated rings. The molecule has 0 unspecified atom stereocenters. The van der Waals surface area contributed by atoms with Gasteiger partial charge in [-0.05, 0) is 20.3 Å². The number of rotatable bonds is 3. The minimum Gasteiger partial charge on any atom is -0.312 e. The second-order valence-electron chi connectivity index (χ2n) is 4.49. The summed E-state index contributed by atoms with van der Waals surface area (Å²) in [6.45, 7) is 4.84. The van der Waals surface area contributed by atoms with Crippen LogP contribution in [0.1, 0.15) is 0 Å². The highest BCUT2D eigenvalue weighted by Gasteiger charge is 2.23. The molecule has 0 bridgehead atoms. The van der Waals surface area contributed by atoms with Crippen LogP contribution >= 0.6 is 0 Å². The fourth-order valence-corrected chi connectivity index (χ4v) is 4.63. The van der Waals surface area contributed by atoms with Crippen molar-refractivity contribution in [2.45, 2.75) is 13.1 Å². The van der Waals surface area contributed by atoms with Crippen molar-refractivity contribution in [1.82, 2.24) is 4.90 Å². The molecule has 1 aromatic rings. The van der Waals surface area contributed by atoms with E-state index in [-0.39, 0.29) is 0 Å². The number of hydrogen-bond acceptors (Lipinski definition) is 1. The van der Waals surface area contributed by atoms with E-state index < -0.39 is 8.07 Å². The van der Waals surface area contributed by atoms with E-state index in [0.717, 1.165) is 0 Å². The van der Waals surface area contributed by atoms with Gasteiger partial charge in [0.05, 0.1) is 8.07 Å². The zero-order valence-electron chi connectivity index (χ0n) is 9.04. The van der Waals surface area contributed by atoms with Gasteiger partial charge in [0.2, 0.25) is 0 Å². The predicted molar refractivity (Wildman–Crippen MR) is 62.1 cm³/mol. The predicted octanol–water partition coefficient (Wildman–Crippen LogP) is 1.70. The van der Waals surface area contributed by atoms with Gasteiger partial charge in [0, 0.05) is 0 Å². The normalized spacial score (nSPS) is 12.1. The molecule has 0 amide bonds. The molecule has 0 saturated carbocycles. The number of hydrogen-bond donors (Lipinski definition) is 0. The molecule has 1 nitrogen and oxygen atoms in total. The third-order valence-electron chi connectivity index (χ3n) is 2.27. The minimum atomic E-state index is -1.22. The molecule has 0 heterocycles. The first kappa shape index (κ1) is 10.5. The van der Waals surface area contributed by atoms with Gasteiger partial charge in [-0.25, -0.2) is 0 Å². The van der Waals surface area contributed by atoms with E-state index >= 15 is 0 Å². The maximum atomic E-state index is 2.42. The van der Waals surface area contributed by atoms with Crippen LogP contribution in [-0.2, 0) is 0 Å². The van der Waals surface area contributed by atoms with Crippen molar-refractivity contribution in [3.63, 3.8) is 0 Å². The van der Waals surface area contributed by atoms with E-state index in [2.05, 4.69) is 62.4 Å². The summed E-state index contributed by atoms with van der Waals surface area (Å²) >= 11 is 0. The number of benzene rings is 1. The van der Waals surface area contributed by atoms with Gasteiger partial charge in [-0.15, -0.1) is 0 Å². The second kappa shape index (κ2) is 4.07. The van der Waals surface area contributed by atoms with Crippen molar-refractivity contribution in [3.05, 3.63) is 30.3 Å².